The van der Waals surface area contributed by atoms with Crippen molar-refractivity contribution in [1.29, 1.82) is 0 Å². The molecule has 1 atom stereocenters. The molecular formula is C11H21NO. The Morgan fingerprint density at radius 1 is 1.08 bits per heavy atom. The van der Waals surface area contributed by atoms with Crippen LogP contribution in [0.4, 0.5) is 0 Å². The van der Waals surface area contributed by atoms with Crippen LogP contribution in [0.1, 0.15) is 45.4 Å². The average Bonchev–Trinajstić information content (AvgIpc) is 2.14. The number of carbonyl (C=O) groups excluding carboxylic acids is 1. The number of Topliss-reactive ketones (excluding diaryl/α,β-unsaturated/α-hetero) is 1. The number of ketones is 1. The summed E-state index contributed by atoms with van der Waals surface area (Å²) in [5.41, 5.74) is 0. The van der Waals surface area contributed by atoms with Crippen LogP contribution in [0.3, 0.4) is 0 Å². The molecule has 1 saturated heterocycles. The maximum absolute atomic E-state index is 11.2. The van der Waals surface area contributed by atoms with E-state index in [0.29, 0.717) is 11.7 Å². The second-order valence-corrected chi connectivity index (χ2v) is 4.05. The number of carbonyl (C=O) groups is 1. The summed E-state index contributed by atoms with van der Waals surface area (Å²) in [5, 5.41) is 3.40. The van der Waals surface area contributed by atoms with E-state index in [9.17, 15) is 4.79 Å². The minimum Gasteiger partial charge on any atom is -0.317 e. The predicted octanol–water partition coefficient (Wildman–Crippen LogP) is 2.14. The van der Waals surface area contributed by atoms with Crippen LogP contribution in [-0.4, -0.2) is 18.9 Å². The fourth-order valence-electron chi connectivity index (χ4n) is 1.97. The molecule has 0 aromatic rings. The van der Waals surface area contributed by atoms with Crippen LogP contribution in [0.2, 0.25) is 0 Å². The quantitative estimate of drug-likeness (QED) is 0.674. The van der Waals surface area contributed by atoms with Gasteiger partial charge in [-0.25, -0.2) is 0 Å². The first-order valence-electron chi connectivity index (χ1n) is 5.52. The molecule has 1 N–H and O–H groups in total. The largest absolute Gasteiger partial charge is 0.317 e. The van der Waals surface area contributed by atoms with E-state index in [1.807, 2.05) is 0 Å². The Morgan fingerprint density at radius 3 is 2.54 bits per heavy atom. The molecule has 76 valence electrons. The number of hydrogen-bond donors (Lipinski definition) is 1. The van der Waals surface area contributed by atoms with Crippen LogP contribution >= 0.6 is 0 Å². The highest BCUT2D eigenvalue weighted by atomic mass is 16.1. The third-order valence-corrected chi connectivity index (χ3v) is 2.89. The maximum Gasteiger partial charge on any atom is 0.132 e. The normalized spacial score (nSPS) is 26.7. The van der Waals surface area contributed by atoms with Crippen molar-refractivity contribution >= 4 is 5.78 Å². The standard InChI is InChI=1S/C11H21NO/c1-10(13)11-6-3-2-4-8-12-9-5-7-11/h11-12H,2-9H2,1H3/t11-/m0/s1. The molecule has 0 aromatic heterocycles. The lowest BCUT2D eigenvalue weighted by Crippen LogP contribution is -2.20. The molecule has 0 bridgehead atoms. The van der Waals surface area contributed by atoms with Crippen molar-refractivity contribution in [3.8, 4) is 0 Å². The van der Waals surface area contributed by atoms with E-state index in [-0.39, 0.29) is 0 Å². The van der Waals surface area contributed by atoms with E-state index < -0.39 is 0 Å². The molecule has 0 radical (unpaired) electrons. The molecule has 13 heavy (non-hydrogen) atoms. The van der Waals surface area contributed by atoms with Gasteiger partial charge in [-0.3, -0.25) is 4.79 Å². The minimum absolute atomic E-state index is 0.347. The van der Waals surface area contributed by atoms with E-state index in [1.54, 1.807) is 6.92 Å². The Kier molecular flexibility index (Phi) is 5.06. The molecule has 1 aliphatic heterocycles. The van der Waals surface area contributed by atoms with Crippen molar-refractivity contribution < 1.29 is 4.79 Å². The number of nitrogens with one attached hydrogen (secondary N) is 1. The van der Waals surface area contributed by atoms with Gasteiger partial charge in [-0.15, -0.1) is 0 Å². The van der Waals surface area contributed by atoms with Gasteiger partial charge in [0.2, 0.25) is 0 Å². The van der Waals surface area contributed by atoms with Gasteiger partial charge in [-0.1, -0.05) is 12.8 Å². The Balaban J connectivity index is 2.30. The summed E-state index contributed by atoms with van der Waals surface area (Å²) < 4.78 is 0. The van der Waals surface area contributed by atoms with Crippen LogP contribution in [0, 0.1) is 5.92 Å². The summed E-state index contributed by atoms with van der Waals surface area (Å²) in [6.45, 7) is 3.98. The highest BCUT2D eigenvalue weighted by Gasteiger charge is 2.13. The third-order valence-electron chi connectivity index (χ3n) is 2.89. The highest BCUT2D eigenvalue weighted by molar-refractivity contribution is 5.78. The maximum atomic E-state index is 11.2. The van der Waals surface area contributed by atoms with Crippen molar-refractivity contribution in [2.24, 2.45) is 5.92 Å². The second kappa shape index (κ2) is 6.14. The van der Waals surface area contributed by atoms with Crippen LogP contribution in [0.15, 0.2) is 0 Å². The molecule has 1 rings (SSSR count). The minimum atomic E-state index is 0.347. The molecule has 0 unspecified atom stereocenters. The monoisotopic (exact) mass is 183 g/mol. The molecule has 0 spiro atoms. The Labute approximate surface area is 81.1 Å². The summed E-state index contributed by atoms with van der Waals surface area (Å²) in [6.07, 6.45) is 7.13. The molecule has 0 aliphatic carbocycles. The fourth-order valence-corrected chi connectivity index (χ4v) is 1.97. The average molecular weight is 183 g/mol. The van der Waals surface area contributed by atoms with Crippen LogP contribution in [-0.2, 0) is 4.79 Å². The van der Waals surface area contributed by atoms with Crippen molar-refractivity contribution in [2.45, 2.75) is 45.4 Å². The first kappa shape index (κ1) is 10.7. The van der Waals surface area contributed by atoms with Crippen molar-refractivity contribution in [3.05, 3.63) is 0 Å². The van der Waals surface area contributed by atoms with E-state index in [1.165, 1.54) is 19.3 Å². The molecule has 0 aromatic carbocycles. The van der Waals surface area contributed by atoms with E-state index in [0.717, 1.165) is 32.4 Å². The molecule has 1 aliphatic rings. The van der Waals surface area contributed by atoms with Crippen molar-refractivity contribution in [3.63, 3.8) is 0 Å². The van der Waals surface area contributed by atoms with Crippen molar-refractivity contribution in [2.75, 3.05) is 13.1 Å². The lowest BCUT2D eigenvalue weighted by Gasteiger charge is -2.15. The number of hydrogen-bond acceptors (Lipinski definition) is 2. The highest BCUT2D eigenvalue weighted by Crippen LogP contribution is 2.17. The van der Waals surface area contributed by atoms with E-state index >= 15 is 0 Å². The van der Waals surface area contributed by atoms with Gasteiger partial charge >= 0.3 is 0 Å². The summed E-state index contributed by atoms with van der Waals surface area (Å²) in [5.74, 6) is 0.737. The molecule has 1 heterocycles. The van der Waals surface area contributed by atoms with Crippen molar-refractivity contribution in [1.82, 2.24) is 5.32 Å². The first-order valence-corrected chi connectivity index (χ1v) is 5.52. The lowest BCUT2D eigenvalue weighted by atomic mass is 9.92. The van der Waals surface area contributed by atoms with Gasteiger partial charge in [-0.2, -0.15) is 0 Å². The topological polar surface area (TPSA) is 29.1 Å². The van der Waals surface area contributed by atoms with Gasteiger partial charge in [-0.05, 0) is 45.7 Å². The Hall–Kier alpha value is -0.370. The van der Waals surface area contributed by atoms with E-state index in [4.69, 9.17) is 0 Å². The van der Waals surface area contributed by atoms with E-state index in [2.05, 4.69) is 5.32 Å². The van der Waals surface area contributed by atoms with Gasteiger partial charge in [0.25, 0.3) is 0 Å². The summed E-state index contributed by atoms with van der Waals surface area (Å²) >= 11 is 0. The fraction of sp³-hybridized carbons (Fsp3) is 0.909. The lowest BCUT2D eigenvalue weighted by molar-refractivity contribution is -0.121. The molecule has 0 amide bonds. The van der Waals surface area contributed by atoms with Gasteiger partial charge in [0, 0.05) is 5.92 Å². The number of rotatable bonds is 1. The Bertz CT molecular complexity index is 146. The van der Waals surface area contributed by atoms with Crippen LogP contribution < -0.4 is 5.32 Å². The van der Waals surface area contributed by atoms with Gasteiger partial charge in [0.15, 0.2) is 0 Å². The zero-order valence-corrected chi connectivity index (χ0v) is 8.64. The van der Waals surface area contributed by atoms with Gasteiger partial charge in [0.1, 0.15) is 5.78 Å². The Morgan fingerprint density at radius 2 is 1.77 bits per heavy atom. The first-order chi connectivity index (χ1) is 6.30. The molecule has 2 nitrogen and oxygen atoms in total. The van der Waals surface area contributed by atoms with Crippen LogP contribution in [0.25, 0.3) is 0 Å². The molecule has 0 saturated carbocycles. The zero-order valence-electron chi connectivity index (χ0n) is 8.64. The van der Waals surface area contributed by atoms with Gasteiger partial charge < -0.3 is 5.32 Å². The summed E-state index contributed by atoms with van der Waals surface area (Å²) in [4.78, 5) is 11.2. The van der Waals surface area contributed by atoms with Gasteiger partial charge in [0.05, 0.1) is 0 Å². The van der Waals surface area contributed by atoms with Crippen LogP contribution in [0.5, 0.6) is 0 Å². The zero-order chi connectivity index (χ0) is 9.52. The third kappa shape index (κ3) is 4.41. The molecule has 2 heteroatoms. The smallest absolute Gasteiger partial charge is 0.132 e. The predicted molar refractivity (Wildman–Crippen MR) is 54.7 cm³/mol. The molecular weight excluding hydrogens is 162 g/mol. The summed E-state index contributed by atoms with van der Waals surface area (Å²) in [6, 6.07) is 0. The summed E-state index contributed by atoms with van der Waals surface area (Å²) in [7, 11) is 0. The molecule has 1 fully saturated rings. The SMILES string of the molecule is CC(=O)[C@H]1CCCCCNCCC1. The second-order valence-electron chi connectivity index (χ2n) is 4.05.